The lowest BCUT2D eigenvalue weighted by Crippen LogP contribution is -2.53. The fourth-order valence-corrected chi connectivity index (χ4v) is 3.98. The summed E-state index contributed by atoms with van der Waals surface area (Å²) in [6, 6.07) is 5.20. The van der Waals surface area contributed by atoms with Gasteiger partial charge in [-0.1, -0.05) is 13.0 Å². The lowest BCUT2D eigenvalue weighted by molar-refractivity contribution is -0.130. The smallest absolute Gasteiger partial charge is 0.219 e. The number of pyridine rings is 1. The fraction of sp³-hybridized carbons (Fsp3) is 0.667. The molecule has 0 radical (unpaired) electrons. The highest BCUT2D eigenvalue weighted by Gasteiger charge is 2.37. The molecule has 23 heavy (non-hydrogen) atoms. The van der Waals surface area contributed by atoms with E-state index < -0.39 is 0 Å². The maximum absolute atomic E-state index is 11.5. The molecule has 0 saturated carbocycles. The summed E-state index contributed by atoms with van der Waals surface area (Å²) in [5.74, 6) is 0.869. The zero-order valence-corrected chi connectivity index (χ0v) is 14.5. The summed E-state index contributed by atoms with van der Waals surface area (Å²) in [5, 5.41) is 0. The van der Waals surface area contributed by atoms with E-state index in [-0.39, 0.29) is 5.91 Å². The summed E-state index contributed by atoms with van der Waals surface area (Å²) in [6.07, 6.45) is 3.81. The predicted molar refractivity (Wildman–Crippen MR) is 91.0 cm³/mol. The maximum Gasteiger partial charge on any atom is 0.219 e. The van der Waals surface area contributed by atoms with Gasteiger partial charge in [-0.25, -0.2) is 0 Å². The Morgan fingerprint density at radius 1 is 1.26 bits per heavy atom. The van der Waals surface area contributed by atoms with Gasteiger partial charge in [0.05, 0.1) is 0 Å². The van der Waals surface area contributed by atoms with Gasteiger partial charge in [0.25, 0.3) is 0 Å². The Bertz CT molecular complexity index is 527. The summed E-state index contributed by atoms with van der Waals surface area (Å²) in [7, 11) is 0. The molecule has 0 unspecified atom stereocenters. The van der Waals surface area contributed by atoms with Crippen molar-refractivity contribution in [3.8, 4) is 0 Å². The van der Waals surface area contributed by atoms with Crippen LogP contribution >= 0.6 is 0 Å². The van der Waals surface area contributed by atoms with Gasteiger partial charge in [-0.3, -0.25) is 19.6 Å². The number of likely N-dealkylation sites (tertiary alicyclic amines) is 1. The fourth-order valence-electron chi connectivity index (χ4n) is 3.98. The molecule has 1 aromatic heterocycles. The first-order chi connectivity index (χ1) is 11.1. The largest absolute Gasteiger partial charge is 0.340 e. The molecule has 2 aliphatic heterocycles. The third-order valence-electron chi connectivity index (χ3n) is 5.54. The van der Waals surface area contributed by atoms with Gasteiger partial charge in [0, 0.05) is 70.7 Å². The van der Waals surface area contributed by atoms with E-state index in [0.29, 0.717) is 18.0 Å². The van der Waals surface area contributed by atoms with Crippen LogP contribution in [0.1, 0.15) is 32.4 Å². The molecule has 5 nitrogen and oxygen atoms in total. The van der Waals surface area contributed by atoms with Crippen molar-refractivity contribution in [3.05, 3.63) is 30.1 Å². The molecule has 2 saturated heterocycles. The maximum atomic E-state index is 11.5. The minimum Gasteiger partial charge on any atom is -0.340 e. The standard InChI is InChI=1S/C18H28N4O/c1-14-12-22(15(2)17-5-4-6-19-11-17)13-18(14)21-9-7-20(8-10-21)16(3)23/h4-6,11,14-15,18H,7-10,12-13H2,1-3H3/t14-,15-,18+/m0/s1. The SMILES string of the molecule is CC(=O)N1CCN([C@@H]2CN([C@@H](C)c3cccnc3)C[C@@H]2C)CC1. The monoisotopic (exact) mass is 316 g/mol. The first-order valence-corrected chi connectivity index (χ1v) is 8.70. The van der Waals surface area contributed by atoms with E-state index in [0.717, 1.165) is 39.3 Å². The molecule has 1 amide bonds. The Balaban J connectivity index is 1.60. The molecule has 0 aliphatic carbocycles. The Hall–Kier alpha value is -1.46. The second-order valence-electron chi connectivity index (χ2n) is 7.00. The van der Waals surface area contributed by atoms with Gasteiger partial charge in [0.1, 0.15) is 0 Å². The normalized spacial score (nSPS) is 28.0. The van der Waals surface area contributed by atoms with E-state index in [1.807, 2.05) is 23.4 Å². The van der Waals surface area contributed by atoms with E-state index in [1.165, 1.54) is 5.56 Å². The number of aromatic nitrogens is 1. The van der Waals surface area contributed by atoms with E-state index in [1.54, 1.807) is 6.92 Å². The van der Waals surface area contributed by atoms with Gasteiger partial charge in [0.2, 0.25) is 5.91 Å². The molecular formula is C18H28N4O. The van der Waals surface area contributed by atoms with Crippen molar-refractivity contribution in [1.82, 2.24) is 19.7 Å². The molecule has 0 N–H and O–H groups in total. The number of rotatable bonds is 3. The minimum atomic E-state index is 0.205. The van der Waals surface area contributed by atoms with Gasteiger partial charge in [-0.05, 0) is 24.5 Å². The lowest BCUT2D eigenvalue weighted by Gasteiger charge is -2.39. The molecule has 0 bridgehead atoms. The number of hydrogen-bond acceptors (Lipinski definition) is 4. The molecule has 1 aromatic rings. The van der Waals surface area contributed by atoms with Crippen molar-refractivity contribution >= 4 is 5.91 Å². The third-order valence-corrected chi connectivity index (χ3v) is 5.54. The van der Waals surface area contributed by atoms with Crippen LogP contribution in [-0.2, 0) is 4.79 Å². The summed E-state index contributed by atoms with van der Waals surface area (Å²) < 4.78 is 0. The molecule has 3 heterocycles. The van der Waals surface area contributed by atoms with Crippen LogP contribution in [0.5, 0.6) is 0 Å². The number of hydrogen-bond donors (Lipinski definition) is 0. The predicted octanol–water partition coefficient (Wildman–Crippen LogP) is 1.63. The zero-order chi connectivity index (χ0) is 16.4. The molecule has 5 heteroatoms. The summed E-state index contributed by atoms with van der Waals surface area (Å²) in [6.45, 7) is 12.3. The average molecular weight is 316 g/mol. The first kappa shape index (κ1) is 16.4. The molecule has 2 aliphatic rings. The lowest BCUT2D eigenvalue weighted by atomic mass is 10.0. The van der Waals surface area contributed by atoms with Crippen molar-refractivity contribution in [1.29, 1.82) is 0 Å². The van der Waals surface area contributed by atoms with E-state index in [4.69, 9.17) is 0 Å². The molecule has 3 rings (SSSR count). The van der Waals surface area contributed by atoms with Crippen molar-refractivity contribution in [3.63, 3.8) is 0 Å². The van der Waals surface area contributed by atoms with Gasteiger partial charge >= 0.3 is 0 Å². The van der Waals surface area contributed by atoms with E-state index in [2.05, 4.69) is 34.7 Å². The van der Waals surface area contributed by atoms with Gasteiger partial charge in [0.15, 0.2) is 0 Å². The van der Waals surface area contributed by atoms with Crippen molar-refractivity contribution < 1.29 is 4.79 Å². The van der Waals surface area contributed by atoms with Crippen LogP contribution in [0.15, 0.2) is 24.5 Å². The van der Waals surface area contributed by atoms with Crippen molar-refractivity contribution in [2.75, 3.05) is 39.3 Å². The summed E-state index contributed by atoms with van der Waals surface area (Å²) in [4.78, 5) is 22.9. The molecule has 0 aromatic carbocycles. The van der Waals surface area contributed by atoms with Gasteiger partial charge < -0.3 is 4.90 Å². The van der Waals surface area contributed by atoms with Crippen molar-refractivity contribution in [2.24, 2.45) is 5.92 Å². The molecule has 2 fully saturated rings. The Labute approximate surface area is 139 Å². The minimum absolute atomic E-state index is 0.205. The Kier molecular flexibility index (Phi) is 4.97. The second-order valence-corrected chi connectivity index (χ2v) is 7.00. The number of piperazine rings is 1. The van der Waals surface area contributed by atoms with Crippen LogP contribution < -0.4 is 0 Å². The Morgan fingerprint density at radius 2 is 2.00 bits per heavy atom. The second kappa shape index (κ2) is 6.97. The van der Waals surface area contributed by atoms with Crippen LogP contribution in [0, 0.1) is 5.92 Å². The van der Waals surface area contributed by atoms with Gasteiger partial charge in [-0.2, -0.15) is 0 Å². The quantitative estimate of drug-likeness (QED) is 0.850. The van der Waals surface area contributed by atoms with Crippen LogP contribution in [0.2, 0.25) is 0 Å². The van der Waals surface area contributed by atoms with E-state index >= 15 is 0 Å². The van der Waals surface area contributed by atoms with Crippen LogP contribution in [-0.4, -0.2) is 70.9 Å². The summed E-state index contributed by atoms with van der Waals surface area (Å²) in [5.41, 5.74) is 1.29. The van der Waals surface area contributed by atoms with Gasteiger partial charge in [-0.15, -0.1) is 0 Å². The highest BCUT2D eigenvalue weighted by atomic mass is 16.2. The molecule has 3 atom stereocenters. The number of amides is 1. The third kappa shape index (κ3) is 3.56. The zero-order valence-electron chi connectivity index (χ0n) is 14.5. The summed E-state index contributed by atoms with van der Waals surface area (Å²) >= 11 is 0. The average Bonchev–Trinajstić information content (AvgIpc) is 2.97. The highest BCUT2D eigenvalue weighted by molar-refractivity contribution is 5.73. The molecule has 0 spiro atoms. The molecule has 126 valence electrons. The molecular weight excluding hydrogens is 288 g/mol. The van der Waals surface area contributed by atoms with Crippen molar-refractivity contribution in [2.45, 2.75) is 32.9 Å². The first-order valence-electron chi connectivity index (χ1n) is 8.70. The van der Waals surface area contributed by atoms with Crippen LogP contribution in [0.4, 0.5) is 0 Å². The number of carbonyl (C=O) groups excluding carboxylic acids is 1. The van der Waals surface area contributed by atoms with Crippen LogP contribution in [0.25, 0.3) is 0 Å². The van der Waals surface area contributed by atoms with E-state index in [9.17, 15) is 4.79 Å². The number of carbonyl (C=O) groups is 1. The number of nitrogens with zero attached hydrogens (tertiary/aromatic N) is 4. The van der Waals surface area contributed by atoms with Crippen LogP contribution in [0.3, 0.4) is 0 Å². The highest BCUT2D eigenvalue weighted by Crippen LogP contribution is 2.30. The Morgan fingerprint density at radius 3 is 2.61 bits per heavy atom. The topological polar surface area (TPSA) is 39.7 Å².